The first-order valence-corrected chi connectivity index (χ1v) is 10.6. The Morgan fingerprint density at radius 1 is 1.21 bits per heavy atom. The molecule has 3 aromatic rings. The van der Waals surface area contributed by atoms with E-state index in [1.54, 1.807) is 0 Å². The normalized spacial score (nSPS) is 12.2. The van der Waals surface area contributed by atoms with Crippen molar-refractivity contribution in [1.29, 1.82) is 5.41 Å². The van der Waals surface area contributed by atoms with Crippen molar-refractivity contribution in [2.75, 3.05) is 12.4 Å². The van der Waals surface area contributed by atoms with Gasteiger partial charge in [-0.05, 0) is 30.5 Å². The molecule has 0 spiro atoms. The average Bonchev–Trinajstić information content (AvgIpc) is 3.13. The predicted octanol–water partition coefficient (Wildman–Crippen LogP) is 3.95. The van der Waals surface area contributed by atoms with Gasteiger partial charge in [-0.1, -0.05) is 39.0 Å². The standard InChI is InChI=1S/C21H27N7S/c1-12(2)8-16(22)15(11-23-5)14-9-18-17(24-10-14)6-7-19(25-18)26-21-28-27-20(29-21)13(3)4/h6-7,9-13,22-23H,8H2,1-5H3,(H,25,26,28)/p+1/b15-11-,22-16?. The minimum Gasteiger partial charge on any atom is -0.322 e. The number of rotatable bonds is 8. The van der Waals surface area contributed by atoms with Crippen LogP contribution in [0.5, 0.6) is 0 Å². The van der Waals surface area contributed by atoms with Crippen molar-refractivity contribution < 1.29 is 5.32 Å². The maximum absolute atomic E-state index is 8.49. The number of pyridine rings is 2. The molecule has 3 heterocycles. The molecule has 0 bridgehead atoms. The molecule has 0 saturated heterocycles. The van der Waals surface area contributed by atoms with Gasteiger partial charge >= 0.3 is 0 Å². The molecule has 8 heteroatoms. The molecule has 0 aliphatic carbocycles. The summed E-state index contributed by atoms with van der Waals surface area (Å²) in [7, 11) is 1.96. The van der Waals surface area contributed by atoms with Crippen molar-refractivity contribution in [3.05, 3.63) is 41.2 Å². The van der Waals surface area contributed by atoms with E-state index in [1.165, 1.54) is 11.3 Å². The topological polar surface area (TPSA) is 104 Å². The Labute approximate surface area is 175 Å². The number of hydrogen-bond donors (Lipinski definition) is 3. The number of nitrogens with two attached hydrogens (primary N) is 1. The lowest BCUT2D eigenvalue weighted by Crippen LogP contribution is -2.73. The Bertz CT molecular complexity index is 1040. The highest BCUT2D eigenvalue weighted by Gasteiger charge is 2.14. The third-order valence-electron chi connectivity index (χ3n) is 4.29. The second kappa shape index (κ2) is 9.19. The van der Waals surface area contributed by atoms with Gasteiger partial charge in [0.15, 0.2) is 0 Å². The molecule has 29 heavy (non-hydrogen) atoms. The number of nitrogens with one attached hydrogen (secondary N) is 2. The van der Waals surface area contributed by atoms with Gasteiger partial charge in [0.1, 0.15) is 17.0 Å². The smallest absolute Gasteiger partial charge is 0.211 e. The molecule has 3 rings (SSSR count). The zero-order valence-corrected chi connectivity index (χ0v) is 18.3. The van der Waals surface area contributed by atoms with Gasteiger partial charge in [-0.3, -0.25) is 4.98 Å². The van der Waals surface area contributed by atoms with Crippen molar-refractivity contribution in [3.63, 3.8) is 0 Å². The van der Waals surface area contributed by atoms with E-state index in [0.717, 1.165) is 38.7 Å². The van der Waals surface area contributed by atoms with Crippen LogP contribution in [0.25, 0.3) is 16.6 Å². The summed E-state index contributed by atoms with van der Waals surface area (Å²) in [6, 6.07) is 5.83. The van der Waals surface area contributed by atoms with E-state index >= 15 is 0 Å². The fourth-order valence-electron chi connectivity index (χ4n) is 2.91. The molecule has 0 amide bonds. The molecular weight excluding hydrogens is 382 g/mol. The highest BCUT2D eigenvalue weighted by molar-refractivity contribution is 7.15. The summed E-state index contributed by atoms with van der Waals surface area (Å²) in [5, 5.41) is 23.8. The van der Waals surface area contributed by atoms with Gasteiger partial charge in [-0.2, -0.15) is 0 Å². The van der Waals surface area contributed by atoms with Crippen LogP contribution in [0, 0.1) is 11.3 Å². The summed E-state index contributed by atoms with van der Waals surface area (Å²) < 4.78 is 0. The van der Waals surface area contributed by atoms with Crippen molar-refractivity contribution in [1.82, 2.24) is 20.2 Å². The molecule has 0 aliphatic rings. The van der Waals surface area contributed by atoms with E-state index in [2.05, 4.69) is 48.2 Å². The van der Waals surface area contributed by atoms with Crippen molar-refractivity contribution >= 4 is 44.6 Å². The van der Waals surface area contributed by atoms with Crippen molar-refractivity contribution in [2.45, 2.75) is 40.0 Å². The van der Waals surface area contributed by atoms with Crippen LogP contribution in [0.4, 0.5) is 10.9 Å². The molecule has 152 valence electrons. The van der Waals surface area contributed by atoms with Gasteiger partial charge in [0, 0.05) is 23.4 Å². The van der Waals surface area contributed by atoms with E-state index in [-0.39, 0.29) is 0 Å². The fourth-order valence-corrected chi connectivity index (χ4v) is 3.66. The van der Waals surface area contributed by atoms with Gasteiger partial charge in [0.25, 0.3) is 0 Å². The summed E-state index contributed by atoms with van der Waals surface area (Å²) in [4.78, 5) is 9.26. The third kappa shape index (κ3) is 5.21. The van der Waals surface area contributed by atoms with Crippen LogP contribution in [0.15, 0.2) is 30.6 Å². The SMILES string of the molecule is C[NH2+]/C=C(\C(=N)CC(C)C)c1cnc2ccc(Nc3nnc(C(C)C)s3)nc2c1. The summed E-state index contributed by atoms with van der Waals surface area (Å²) in [6.07, 6.45) is 4.52. The largest absolute Gasteiger partial charge is 0.322 e. The lowest BCUT2D eigenvalue weighted by molar-refractivity contribution is -0.555. The van der Waals surface area contributed by atoms with Crippen LogP contribution in [0.3, 0.4) is 0 Å². The van der Waals surface area contributed by atoms with Gasteiger partial charge in [0.05, 0.1) is 23.7 Å². The van der Waals surface area contributed by atoms with E-state index in [4.69, 9.17) is 10.4 Å². The zero-order valence-electron chi connectivity index (χ0n) is 17.5. The molecule has 0 saturated carbocycles. The van der Waals surface area contributed by atoms with Crippen LogP contribution in [0.1, 0.15) is 50.6 Å². The number of fused-ring (bicyclic) bond motifs is 1. The number of hydrogen-bond acceptors (Lipinski definition) is 7. The molecule has 0 unspecified atom stereocenters. The highest BCUT2D eigenvalue weighted by atomic mass is 32.1. The summed E-state index contributed by atoms with van der Waals surface area (Å²) in [5.74, 6) is 1.47. The Hall–Kier alpha value is -2.71. The van der Waals surface area contributed by atoms with E-state index < -0.39 is 0 Å². The molecule has 3 aromatic heterocycles. The first-order valence-electron chi connectivity index (χ1n) is 9.82. The number of aromatic nitrogens is 4. The summed E-state index contributed by atoms with van der Waals surface area (Å²) in [5.41, 5.74) is 4.00. The highest BCUT2D eigenvalue weighted by Crippen LogP contribution is 2.26. The Morgan fingerprint density at radius 2 is 2.00 bits per heavy atom. The minimum absolute atomic E-state index is 0.348. The molecule has 0 aromatic carbocycles. The zero-order chi connectivity index (χ0) is 21.0. The summed E-state index contributed by atoms with van der Waals surface area (Å²) in [6.45, 7) is 8.44. The third-order valence-corrected chi connectivity index (χ3v) is 5.43. The lowest BCUT2D eigenvalue weighted by Gasteiger charge is -2.11. The quantitative estimate of drug-likeness (QED) is 0.488. The van der Waals surface area contributed by atoms with Gasteiger partial charge in [-0.15, -0.1) is 10.2 Å². The Balaban J connectivity index is 1.91. The molecule has 0 aliphatic heterocycles. The first-order chi connectivity index (χ1) is 13.9. The Morgan fingerprint density at radius 3 is 2.66 bits per heavy atom. The summed E-state index contributed by atoms with van der Waals surface area (Å²) >= 11 is 1.54. The van der Waals surface area contributed by atoms with Crippen molar-refractivity contribution in [2.24, 2.45) is 5.92 Å². The van der Waals surface area contributed by atoms with Crippen molar-refractivity contribution in [3.8, 4) is 0 Å². The predicted molar refractivity (Wildman–Crippen MR) is 120 cm³/mol. The lowest BCUT2D eigenvalue weighted by atomic mass is 9.96. The van der Waals surface area contributed by atoms with Gasteiger partial charge < -0.3 is 16.0 Å². The second-order valence-corrected chi connectivity index (χ2v) is 8.68. The number of quaternary nitrogens is 1. The molecule has 0 atom stereocenters. The minimum atomic E-state index is 0.348. The average molecular weight is 411 g/mol. The van der Waals surface area contributed by atoms with E-state index in [9.17, 15) is 0 Å². The molecule has 4 N–H and O–H groups in total. The monoisotopic (exact) mass is 410 g/mol. The van der Waals surface area contributed by atoms with E-state index in [0.29, 0.717) is 23.4 Å². The number of allylic oxidation sites excluding steroid dienone is 1. The molecule has 0 radical (unpaired) electrons. The fraction of sp³-hybridized carbons (Fsp3) is 0.381. The molecule has 7 nitrogen and oxygen atoms in total. The number of nitrogens with zero attached hydrogens (tertiary/aromatic N) is 4. The van der Waals surface area contributed by atoms with Crippen LogP contribution < -0.4 is 10.6 Å². The maximum Gasteiger partial charge on any atom is 0.211 e. The molecule has 0 fully saturated rings. The van der Waals surface area contributed by atoms with Crippen LogP contribution in [0.2, 0.25) is 0 Å². The van der Waals surface area contributed by atoms with Gasteiger partial charge in [-0.25, -0.2) is 4.98 Å². The van der Waals surface area contributed by atoms with Crippen LogP contribution in [-0.2, 0) is 0 Å². The van der Waals surface area contributed by atoms with Crippen LogP contribution in [-0.4, -0.2) is 32.9 Å². The first kappa shape index (κ1) is 21.0. The Kier molecular flexibility index (Phi) is 6.66. The van der Waals surface area contributed by atoms with Gasteiger partial charge in [0.2, 0.25) is 5.13 Å². The molecular formula is C21H28N7S+. The van der Waals surface area contributed by atoms with Crippen LogP contribution >= 0.6 is 11.3 Å². The second-order valence-electron chi connectivity index (χ2n) is 7.67. The van der Waals surface area contributed by atoms with E-state index in [1.807, 2.05) is 43.0 Å². The maximum atomic E-state index is 8.49. The number of anilines is 2.